The number of rotatable bonds is 9. The number of aromatic nitrogens is 1. The topological polar surface area (TPSA) is 39.1 Å². The quantitative estimate of drug-likeness (QED) is 0.185. The maximum Gasteiger partial charge on any atom is 0.262 e. The maximum atomic E-state index is 14.2. The average Bonchev–Trinajstić information content (AvgIpc) is 3.41. The zero-order chi connectivity index (χ0) is 26.3. The van der Waals surface area contributed by atoms with E-state index < -0.39 is 0 Å². The minimum atomic E-state index is -0.109. The molecule has 7 rings (SSSR count). The van der Waals surface area contributed by atoms with Gasteiger partial charge < -0.3 is 0 Å². The average molecular weight is 502 g/mol. The zero-order valence-electron chi connectivity index (χ0n) is 23.0. The number of fused-ring (bicyclic) bond motifs is 3. The van der Waals surface area contributed by atoms with Gasteiger partial charge in [-0.25, -0.2) is 0 Å². The highest BCUT2D eigenvalue weighted by Gasteiger charge is 2.29. The predicted molar refractivity (Wildman–Crippen MR) is 164 cm³/mol. The van der Waals surface area contributed by atoms with Gasteiger partial charge in [-0.05, 0) is 116 Å². The molecule has 38 heavy (non-hydrogen) atoms. The summed E-state index contributed by atoms with van der Waals surface area (Å²) >= 11 is 0. The lowest BCUT2D eigenvalue weighted by atomic mass is 9.90. The molecule has 0 radical (unpaired) electrons. The highest BCUT2D eigenvalue weighted by Crippen LogP contribution is 2.51. The van der Waals surface area contributed by atoms with Gasteiger partial charge in [-0.15, -0.1) is 0 Å². The van der Waals surface area contributed by atoms with E-state index in [1.807, 2.05) is 6.92 Å². The van der Waals surface area contributed by atoms with Crippen LogP contribution in [0.25, 0.3) is 64.6 Å². The molecule has 0 bridgehead atoms. The van der Waals surface area contributed by atoms with Crippen molar-refractivity contribution in [1.82, 2.24) is 4.57 Å². The molecule has 0 aliphatic heterocycles. The molecule has 0 N–H and O–H groups in total. The predicted octanol–water partition coefficient (Wildman–Crippen LogP) is 8.93. The second kappa shape index (κ2) is 8.53. The first-order valence-electron chi connectivity index (χ1n) is 14.7. The molecule has 1 aromatic heterocycles. The van der Waals surface area contributed by atoms with Gasteiger partial charge in [0.25, 0.3) is 11.1 Å². The molecule has 0 fully saturated rings. The lowest BCUT2D eigenvalue weighted by Gasteiger charge is -2.12. The third-order valence-electron chi connectivity index (χ3n) is 9.20. The van der Waals surface area contributed by atoms with Crippen LogP contribution in [0.3, 0.4) is 0 Å². The molecule has 7 aromatic rings. The summed E-state index contributed by atoms with van der Waals surface area (Å²) in [5.74, 6) is 0. The van der Waals surface area contributed by atoms with E-state index in [1.54, 1.807) is 4.57 Å². The Morgan fingerprint density at radius 3 is 1.53 bits per heavy atom. The standard InChI is InChI=1S/C35H35NO2/c1-5-8-11-21-17-25-30-28-23(21)15-13-20-14-16-24-22(12-9-6-2)18-26(31(30)29(24)27(20)28)33-32(25)34(37)36(35(33)38)19(4)10-7-3/h13-19H,5-12H2,1-4H3. The number of unbranched alkanes of at least 4 members (excludes halogenated alkanes) is 2. The van der Waals surface area contributed by atoms with Crippen LogP contribution in [0.15, 0.2) is 46.0 Å². The molecular formula is C35H35NO2. The summed E-state index contributed by atoms with van der Waals surface area (Å²) in [6.45, 7) is 8.59. The van der Waals surface area contributed by atoms with Crippen molar-refractivity contribution < 1.29 is 0 Å². The van der Waals surface area contributed by atoms with Gasteiger partial charge in [0.15, 0.2) is 0 Å². The van der Waals surface area contributed by atoms with Gasteiger partial charge in [0.2, 0.25) is 0 Å². The van der Waals surface area contributed by atoms with E-state index >= 15 is 0 Å². The van der Waals surface area contributed by atoms with Gasteiger partial charge in [0, 0.05) is 6.04 Å². The first kappa shape index (κ1) is 23.6. The number of hydrogen-bond acceptors (Lipinski definition) is 2. The van der Waals surface area contributed by atoms with E-state index in [4.69, 9.17) is 0 Å². The summed E-state index contributed by atoms with van der Waals surface area (Å²) in [4.78, 5) is 28.3. The minimum absolute atomic E-state index is 0.105. The zero-order valence-corrected chi connectivity index (χ0v) is 23.0. The van der Waals surface area contributed by atoms with E-state index in [1.165, 1.54) is 54.2 Å². The van der Waals surface area contributed by atoms with Crippen LogP contribution in [0.2, 0.25) is 0 Å². The Labute approximate surface area is 222 Å². The largest absolute Gasteiger partial charge is 0.271 e. The molecule has 6 aromatic carbocycles. The normalized spacial score (nSPS) is 13.7. The number of aryl methyl sites for hydroxylation is 2. The van der Waals surface area contributed by atoms with Gasteiger partial charge in [0.05, 0.1) is 10.8 Å². The molecule has 0 saturated heterocycles. The van der Waals surface area contributed by atoms with Crippen molar-refractivity contribution >= 4 is 64.6 Å². The molecular weight excluding hydrogens is 466 g/mol. The van der Waals surface area contributed by atoms with Crippen molar-refractivity contribution in [3.63, 3.8) is 0 Å². The summed E-state index contributed by atoms with van der Waals surface area (Å²) in [6.07, 6.45) is 8.17. The number of nitrogens with zero attached hydrogens (tertiary/aromatic N) is 1. The van der Waals surface area contributed by atoms with E-state index in [0.29, 0.717) is 10.8 Å². The molecule has 0 saturated carbocycles. The van der Waals surface area contributed by atoms with Crippen LogP contribution in [0.4, 0.5) is 0 Å². The molecule has 1 heterocycles. The first-order chi connectivity index (χ1) is 18.5. The van der Waals surface area contributed by atoms with Gasteiger partial charge in [0.1, 0.15) is 0 Å². The van der Waals surface area contributed by atoms with Crippen molar-refractivity contribution in [3.8, 4) is 0 Å². The Bertz CT molecular complexity index is 1930. The molecule has 3 heteroatoms. The fourth-order valence-corrected chi connectivity index (χ4v) is 7.45. The van der Waals surface area contributed by atoms with E-state index in [2.05, 4.69) is 57.2 Å². The molecule has 0 amide bonds. The first-order valence-corrected chi connectivity index (χ1v) is 14.7. The summed E-state index contributed by atoms with van der Waals surface area (Å²) < 4.78 is 1.56. The van der Waals surface area contributed by atoms with Crippen molar-refractivity contribution in [2.45, 2.75) is 85.1 Å². The van der Waals surface area contributed by atoms with Crippen LogP contribution < -0.4 is 11.1 Å². The number of hydrogen-bond donors (Lipinski definition) is 0. The monoisotopic (exact) mass is 501 g/mol. The minimum Gasteiger partial charge on any atom is -0.271 e. The van der Waals surface area contributed by atoms with Crippen molar-refractivity contribution in [2.75, 3.05) is 0 Å². The van der Waals surface area contributed by atoms with Crippen LogP contribution in [0, 0.1) is 0 Å². The molecule has 0 spiro atoms. The van der Waals surface area contributed by atoms with E-state index in [9.17, 15) is 9.59 Å². The van der Waals surface area contributed by atoms with Gasteiger partial charge in [-0.1, -0.05) is 64.3 Å². The second-order valence-corrected chi connectivity index (χ2v) is 11.6. The third kappa shape index (κ3) is 2.91. The van der Waals surface area contributed by atoms with Crippen molar-refractivity contribution in [1.29, 1.82) is 0 Å². The fraction of sp³-hybridized carbons (Fsp3) is 0.371. The Morgan fingerprint density at radius 1 is 0.605 bits per heavy atom. The molecule has 0 aliphatic carbocycles. The SMILES string of the molecule is CCCCc1cc2c3c(=O)n(C(C)CCC)c(=O)c3c3cc(CCCC)c4ccc5ccc1c1c5c4c3c21. The summed E-state index contributed by atoms with van der Waals surface area (Å²) in [5, 5.41) is 13.4. The molecule has 3 nitrogen and oxygen atoms in total. The Hall–Kier alpha value is -3.46. The summed E-state index contributed by atoms with van der Waals surface area (Å²) in [6, 6.07) is 13.5. The van der Waals surface area contributed by atoms with Crippen LogP contribution in [0.1, 0.15) is 83.4 Å². The smallest absolute Gasteiger partial charge is 0.262 e. The van der Waals surface area contributed by atoms with Crippen molar-refractivity contribution in [2.24, 2.45) is 0 Å². The summed E-state index contributed by atoms with van der Waals surface area (Å²) in [5.41, 5.74) is 2.39. The lowest BCUT2D eigenvalue weighted by Crippen LogP contribution is -2.28. The Morgan fingerprint density at radius 2 is 1.08 bits per heavy atom. The van der Waals surface area contributed by atoms with Crippen molar-refractivity contribution in [3.05, 3.63) is 68.2 Å². The van der Waals surface area contributed by atoms with Crippen LogP contribution in [-0.2, 0) is 12.8 Å². The fourth-order valence-electron chi connectivity index (χ4n) is 7.45. The van der Waals surface area contributed by atoms with Crippen LogP contribution in [-0.4, -0.2) is 4.57 Å². The summed E-state index contributed by atoms with van der Waals surface area (Å²) in [7, 11) is 0. The highest BCUT2D eigenvalue weighted by molar-refractivity contribution is 6.48. The molecule has 192 valence electrons. The molecule has 1 unspecified atom stereocenters. The Balaban J connectivity index is 1.79. The third-order valence-corrected chi connectivity index (χ3v) is 9.20. The highest BCUT2D eigenvalue weighted by atomic mass is 16.2. The lowest BCUT2D eigenvalue weighted by molar-refractivity contribution is 0.483. The maximum absolute atomic E-state index is 14.2. The second-order valence-electron chi connectivity index (χ2n) is 11.6. The van der Waals surface area contributed by atoms with Gasteiger partial charge in [-0.3, -0.25) is 14.2 Å². The van der Waals surface area contributed by atoms with E-state index in [0.717, 1.165) is 62.1 Å². The van der Waals surface area contributed by atoms with Crippen LogP contribution >= 0.6 is 0 Å². The van der Waals surface area contributed by atoms with Gasteiger partial charge in [-0.2, -0.15) is 0 Å². The van der Waals surface area contributed by atoms with Crippen LogP contribution in [0.5, 0.6) is 0 Å². The van der Waals surface area contributed by atoms with E-state index in [-0.39, 0.29) is 17.2 Å². The molecule has 0 aliphatic rings. The molecule has 1 atom stereocenters. The van der Waals surface area contributed by atoms with Gasteiger partial charge >= 0.3 is 0 Å². The Kier molecular flexibility index (Phi) is 5.30. The number of benzene rings is 5.